The van der Waals surface area contributed by atoms with E-state index >= 15 is 0 Å². The van der Waals surface area contributed by atoms with Gasteiger partial charge in [-0.05, 0) is 31.0 Å². The lowest BCUT2D eigenvalue weighted by molar-refractivity contribution is -0.142. The second-order valence-corrected chi connectivity index (χ2v) is 7.18. The largest absolute Gasteiger partial charge is 0.497 e. The van der Waals surface area contributed by atoms with E-state index in [0.29, 0.717) is 26.3 Å². The lowest BCUT2D eigenvalue weighted by atomic mass is 10.1. The van der Waals surface area contributed by atoms with Crippen LogP contribution in [0.3, 0.4) is 0 Å². The van der Waals surface area contributed by atoms with Crippen molar-refractivity contribution in [3.05, 3.63) is 29.8 Å². The molecule has 28 heavy (non-hydrogen) atoms. The molecule has 0 bridgehead atoms. The van der Waals surface area contributed by atoms with E-state index in [0.717, 1.165) is 40.9 Å². The van der Waals surface area contributed by atoms with Crippen LogP contribution in [0.1, 0.15) is 18.4 Å². The van der Waals surface area contributed by atoms with Gasteiger partial charge >= 0.3 is 0 Å². The monoisotopic (exact) mass is 387 g/mol. The zero-order valence-electron chi connectivity index (χ0n) is 17.1. The van der Waals surface area contributed by atoms with Gasteiger partial charge in [-0.2, -0.15) is 0 Å². The Morgan fingerprint density at radius 3 is 2.75 bits per heavy atom. The number of rotatable bonds is 8. The molecule has 0 aliphatic carbocycles. The summed E-state index contributed by atoms with van der Waals surface area (Å²) in [6.07, 6.45) is 1.35. The van der Waals surface area contributed by atoms with Gasteiger partial charge < -0.3 is 24.0 Å². The fourth-order valence-corrected chi connectivity index (χ4v) is 3.46. The molecule has 2 aromatic rings. The molecule has 1 fully saturated rings. The van der Waals surface area contributed by atoms with Gasteiger partial charge in [0.2, 0.25) is 0 Å². The molecule has 1 aromatic heterocycles. The van der Waals surface area contributed by atoms with E-state index in [9.17, 15) is 4.79 Å². The lowest BCUT2D eigenvalue weighted by Gasteiger charge is -2.27. The minimum Gasteiger partial charge on any atom is -0.497 e. The Labute approximate surface area is 166 Å². The summed E-state index contributed by atoms with van der Waals surface area (Å²) in [6.45, 7) is 2.11. The number of benzene rings is 1. The van der Waals surface area contributed by atoms with Gasteiger partial charge in [0, 0.05) is 57.9 Å². The summed E-state index contributed by atoms with van der Waals surface area (Å²) in [5.41, 5.74) is 1.85. The molecule has 1 aliphatic heterocycles. The van der Waals surface area contributed by atoms with Crippen LogP contribution >= 0.6 is 0 Å². The third kappa shape index (κ3) is 4.54. The Morgan fingerprint density at radius 2 is 2.11 bits per heavy atom. The molecule has 1 saturated heterocycles. The van der Waals surface area contributed by atoms with Crippen LogP contribution in [-0.4, -0.2) is 70.0 Å². The molecule has 7 heteroatoms. The fraction of sp³-hybridized carbons (Fsp3) is 0.524. The van der Waals surface area contributed by atoms with E-state index in [2.05, 4.69) is 6.07 Å². The summed E-state index contributed by atoms with van der Waals surface area (Å²) in [4.78, 5) is 21.6. The number of ether oxygens (including phenoxy) is 3. The number of aromatic nitrogens is 1. The Hall–Kier alpha value is -2.38. The first kappa shape index (κ1) is 20.4. The average molecular weight is 387 g/mol. The normalized spacial score (nSPS) is 16.4. The quantitative estimate of drug-likeness (QED) is 0.693. The van der Waals surface area contributed by atoms with Gasteiger partial charge in [0.15, 0.2) is 0 Å². The maximum absolute atomic E-state index is 13.0. The minimum atomic E-state index is -0.350. The first-order chi connectivity index (χ1) is 13.5. The number of pyridine rings is 1. The maximum atomic E-state index is 13.0. The molecule has 0 radical (unpaired) electrons. The van der Waals surface area contributed by atoms with Crippen molar-refractivity contribution in [2.24, 2.45) is 0 Å². The van der Waals surface area contributed by atoms with Crippen molar-refractivity contribution >= 4 is 22.6 Å². The third-order valence-electron chi connectivity index (χ3n) is 4.95. The molecule has 2 heterocycles. The number of hydrogen-bond acceptors (Lipinski definition) is 6. The molecule has 1 unspecified atom stereocenters. The molecule has 1 aliphatic rings. The standard InChI is InChI=1S/C21H29N3O4/c1-23(2)20-16(12-15-7-8-17(27-4)13-18(15)22-20)14-24(9-11-26-3)21(25)19-6-5-10-28-19/h7-8,12-13,19H,5-6,9-11,14H2,1-4H3. The molecular formula is C21H29N3O4. The number of methoxy groups -OCH3 is 2. The van der Waals surface area contributed by atoms with Crippen LogP contribution in [0.4, 0.5) is 5.82 Å². The van der Waals surface area contributed by atoms with Crippen molar-refractivity contribution < 1.29 is 19.0 Å². The molecule has 0 N–H and O–H groups in total. The highest BCUT2D eigenvalue weighted by molar-refractivity contribution is 5.84. The van der Waals surface area contributed by atoms with Crippen molar-refractivity contribution in [3.8, 4) is 5.75 Å². The van der Waals surface area contributed by atoms with E-state index in [1.54, 1.807) is 14.2 Å². The minimum absolute atomic E-state index is 0.0223. The van der Waals surface area contributed by atoms with Gasteiger partial charge in [-0.25, -0.2) is 4.98 Å². The van der Waals surface area contributed by atoms with Crippen LogP contribution in [0.5, 0.6) is 5.75 Å². The van der Waals surface area contributed by atoms with E-state index in [4.69, 9.17) is 19.2 Å². The number of nitrogens with zero attached hydrogens (tertiary/aromatic N) is 3. The van der Waals surface area contributed by atoms with E-state index in [-0.39, 0.29) is 12.0 Å². The van der Waals surface area contributed by atoms with Crippen molar-refractivity contribution in [1.29, 1.82) is 0 Å². The van der Waals surface area contributed by atoms with E-state index in [1.165, 1.54) is 0 Å². The van der Waals surface area contributed by atoms with Crippen LogP contribution in [-0.2, 0) is 20.8 Å². The highest BCUT2D eigenvalue weighted by atomic mass is 16.5. The van der Waals surface area contributed by atoms with E-state index < -0.39 is 0 Å². The predicted molar refractivity (Wildman–Crippen MR) is 109 cm³/mol. The molecule has 1 amide bonds. The highest BCUT2D eigenvalue weighted by Crippen LogP contribution is 2.27. The SMILES string of the molecule is COCCN(Cc1cc2ccc(OC)cc2nc1N(C)C)C(=O)C1CCCO1. The summed E-state index contributed by atoms with van der Waals surface area (Å²) in [5.74, 6) is 1.63. The molecule has 3 rings (SSSR count). The molecule has 1 atom stereocenters. The highest BCUT2D eigenvalue weighted by Gasteiger charge is 2.29. The Kier molecular flexibility index (Phi) is 6.70. The number of amides is 1. The number of fused-ring (bicyclic) bond motifs is 1. The second-order valence-electron chi connectivity index (χ2n) is 7.18. The van der Waals surface area contributed by atoms with Crippen molar-refractivity contribution in [3.63, 3.8) is 0 Å². The summed E-state index contributed by atoms with van der Waals surface area (Å²) >= 11 is 0. The molecule has 7 nitrogen and oxygen atoms in total. The average Bonchev–Trinajstić information content (AvgIpc) is 3.24. The lowest BCUT2D eigenvalue weighted by Crippen LogP contribution is -2.40. The van der Waals surface area contributed by atoms with Crippen molar-refractivity contribution in [1.82, 2.24) is 9.88 Å². The first-order valence-electron chi connectivity index (χ1n) is 9.57. The zero-order chi connectivity index (χ0) is 20.1. The van der Waals surface area contributed by atoms with Crippen LogP contribution < -0.4 is 9.64 Å². The molecule has 1 aromatic carbocycles. The summed E-state index contributed by atoms with van der Waals surface area (Å²) in [6, 6.07) is 7.93. The predicted octanol–water partition coefficient (Wildman–Crippen LogP) is 2.46. The van der Waals surface area contributed by atoms with Gasteiger partial charge in [0.1, 0.15) is 17.7 Å². The topological polar surface area (TPSA) is 64.1 Å². The molecular weight excluding hydrogens is 358 g/mol. The first-order valence-corrected chi connectivity index (χ1v) is 9.57. The summed E-state index contributed by atoms with van der Waals surface area (Å²) in [5, 5.41) is 1.01. The molecule has 152 valence electrons. The van der Waals surface area contributed by atoms with Crippen molar-refractivity contribution in [2.45, 2.75) is 25.5 Å². The summed E-state index contributed by atoms with van der Waals surface area (Å²) in [7, 11) is 7.20. The van der Waals surface area contributed by atoms with Gasteiger partial charge in [-0.3, -0.25) is 4.79 Å². The number of anilines is 1. The molecule has 0 spiro atoms. The molecule has 0 saturated carbocycles. The van der Waals surface area contributed by atoms with Crippen LogP contribution in [0.2, 0.25) is 0 Å². The van der Waals surface area contributed by atoms with Gasteiger partial charge in [0.05, 0.1) is 19.2 Å². The van der Waals surface area contributed by atoms with Crippen LogP contribution in [0.25, 0.3) is 10.9 Å². The maximum Gasteiger partial charge on any atom is 0.252 e. The van der Waals surface area contributed by atoms with Gasteiger partial charge in [0.25, 0.3) is 5.91 Å². The Morgan fingerprint density at radius 1 is 1.29 bits per heavy atom. The Bertz CT molecular complexity index is 819. The summed E-state index contributed by atoms with van der Waals surface area (Å²) < 4.78 is 16.2. The number of carbonyl (C=O) groups excluding carboxylic acids is 1. The van der Waals surface area contributed by atoms with Crippen LogP contribution in [0.15, 0.2) is 24.3 Å². The number of hydrogen-bond donors (Lipinski definition) is 0. The van der Waals surface area contributed by atoms with Crippen molar-refractivity contribution in [2.75, 3.05) is 53.0 Å². The third-order valence-corrected chi connectivity index (χ3v) is 4.95. The smallest absolute Gasteiger partial charge is 0.252 e. The van der Waals surface area contributed by atoms with Gasteiger partial charge in [-0.15, -0.1) is 0 Å². The van der Waals surface area contributed by atoms with Crippen LogP contribution in [0, 0.1) is 0 Å². The zero-order valence-corrected chi connectivity index (χ0v) is 17.1. The second kappa shape index (κ2) is 9.21. The van der Waals surface area contributed by atoms with E-state index in [1.807, 2.05) is 42.1 Å². The fourth-order valence-electron chi connectivity index (χ4n) is 3.46. The Balaban J connectivity index is 1.93. The van der Waals surface area contributed by atoms with Gasteiger partial charge in [-0.1, -0.05) is 0 Å². The number of carbonyl (C=O) groups is 1.